The summed E-state index contributed by atoms with van der Waals surface area (Å²) in [6, 6.07) is 9.79. The van der Waals surface area contributed by atoms with Gasteiger partial charge in [0, 0.05) is 11.9 Å². The van der Waals surface area contributed by atoms with Crippen LogP contribution in [-0.2, 0) is 10.2 Å². The van der Waals surface area contributed by atoms with Crippen molar-refractivity contribution in [3.05, 3.63) is 48.5 Å². The average molecular weight is 299 g/mol. The van der Waals surface area contributed by atoms with Crippen LogP contribution in [0.15, 0.2) is 42.9 Å². The van der Waals surface area contributed by atoms with Crippen LogP contribution in [0.2, 0.25) is 0 Å². The normalized spacial score (nSPS) is 24.9. The third kappa shape index (κ3) is 2.31. The largest absolute Gasteiger partial charge is 0.481 e. The van der Waals surface area contributed by atoms with Crippen molar-refractivity contribution < 1.29 is 9.90 Å². The topological polar surface area (TPSA) is 81.1 Å². The van der Waals surface area contributed by atoms with E-state index in [1.165, 1.54) is 0 Å². The number of rotatable bonds is 6. The van der Waals surface area contributed by atoms with E-state index < -0.39 is 11.4 Å². The number of aromatic nitrogens is 2. The fraction of sp³-hybridized carbons (Fsp3) is 0.412. The molecule has 2 unspecified atom stereocenters. The van der Waals surface area contributed by atoms with E-state index in [-0.39, 0.29) is 5.92 Å². The van der Waals surface area contributed by atoms with E-state index in [0.717, 1.165) is 12.1 Å². The van der Waals surface area contributed by atoms with E-state index in [1.54, 1.807) is 6.33 Å². The Morgan fingerprint density at radius 1 is 1.50 bits per heavy atom. The Morgan fingerprint density at radius 2 is 2.23 bits per heavy atom. The number of carboxylic acid groups (broad SMARTS) is 1. The quantitative estimate of drug-likeness (QED) is 0.857. The van der Waals surface area contributed by atoms with Gasteiger partial charge in [-0.3, -0.25) is 4.79 Å². The third-order valence-electron chi connectivity index (χ3n) is 4.80. The minimum Gasteiger partial charge on any atom is -0.481 e. The predicted molar refractivity (Wildman–Crippen MR) is 83.8 cm³/mol. The van der Waals surface area contributed by atoms with E-state index in [4.69, 9.17) is 5.73 Å². The molecule has 116 valence electrons. The minimum absolute atomic E-state index is 0.118. The lowest BCUT2D eigenvalue weighted by Gasteiger charge is -2.14. The van der Waals surface area contributed by atoms with Crippen LogP contribution in [0.1, 0.15) is 25.5 Å². The molecule has 0 saturated heterocycles. The van der Waals surface area contributed by atoms with Gasteiger partial charge in [0.2, 0.25) is 0 Å². The second kappa shape index (κ2) is 5.57. The predicted octanol–water partition coefficient (Wildman–Crippen LogP) is 2.20. The van der Waals surface area contributed by atoms with Crippen molar-refractivity contribution in [2.24, 2.45) is 17.6 Å². The summed E-state index contributed by atoms with van der Waals surface area (Å²) < 4.78 is 1.88. The Labute approximate surface area is 129 Å². The van der Waals surface area contributed by atoms with Gasteiger partial charge in [0.05, 0.1) is 12.0 Å². The van der Waals surface area contributed by atoms with E-state index in [2.05, 4.69) is 11.9 Å². The van der Waals surface area contributed by atoms with Gasteiger partial charge in [-0.05, 0) is 43.4 Å². The number of benzene rings is 1. The maximum Gasteiger partial charge on any atom is 0.316 e. The van der Waals surface area contributed by atoms with E-state index >= 15 is 0 Å². The standard InChI is InChI=1S/C17H21N3O2/c1-12(7-8-18)14-9-17(14,16(21)22)15-10-20(11-19-15)13-5-3-2-4-6-13/h2-6,10-12,14H,7-9,18H2,1H3,(H,21,22)/t12?,14-,17?/m1/s1. The molecule has 1 aromatic carbocycles. The Hall–Kier alpha value is -2.14. The lowest BCUT2D eigenvalue weighted by atomic mass is 9.91. The highest BCUT2D eigenvalue weighted by Crippen LogP contribution is 2.58. The number of carbonyl (C=O) groups is 1. The second-order valence-electron chi connectivity index (χ2n) is 6.14. The summed E-state index contributed by atoms with van der Waals surface area (Å²) in [4.78, 5) is 16.3. The van der Waals surface area contributed by atoms with Gasteiger partial charge < -0.3 is 15.4 Å². The Bertz CT molecular complexity index is 668. The molecule has 1 aliphatic rings. The van der Waals surface area contributed by atoms with Crippen molar-refractivity contribution in [1.29, 1.82) is 0 Å². The Balaban J connectivity index is 1.89. The number of aliphatic carboxylic acids is 1. The van der Waals surface area contributed by atoms with Gasteiger partial charge in [-0.2, -0.15) is 0 Å². The van der Waals surface area contributed by atoms with Gasteiger partial charge in [0.15, 0.2) is 0 Å². The lowest BCUT2D eigenvalue weighted by molar-refractivity contribution is -0.140. The molecule has 0 spiro atoms. The summed E-state index contributed by atoms with van der Waals surface area (Å²) in [6.45, 7) is 2.67. The van der Waals surface area contributed by atoms with Gasteiger partial charge in [-0.25, -0.2) is 4.98 Å². The average Bonchev–Trinajstić information content (AvgIpc) is 3.10. The van der Waals surface area contributed by atoms with Gasteiger partial charge in [0.25, 0.3) is 0 Å². The molecule has 1 heterocycles. The molecule has 3 atom stereocenters. The van der Waals surface area contributed by atoms with Crippen molar-refractivity contribution in [2.75, 3.05) is 6.54 Å². The van der Waals surface area contributed by atoms with Gasteiger partial charge >= 0.3 is 5.97 Å². The summed E-state index contributed by atoms with van der Waals surface area (Å²) in [5, 5.41) is 9.74. The van der Waals surface area contributed by atoms with E-state index in [1.807, 2.05) is 41.1 Å². The summed E-state index contributed by atoms with van der Waals surface area (Å²) in [5.41, 5.74) is 6.40. The SMILES string of the molecule is CC(CCN)[C@H]1CC1(C(=O)O)c1cn(-c2ccccc2)cn1. The number of hydrogen-bond donors (Lipinski definition) is 2. The Morgan fingerprint density at radius 3 is 2.86 bits per heavy atom. The van der Waals surface area contributed by atoms with Crippen molar-refractivity contribution in [1.82, 2.24) is 9.55 Å². The molecule has 5 nitrogen and oxygen atoms in total. The number of nitrogens with two attached hydrogens (primary N) is 1. The number of carboxylic acids is 1. The number of para-hydroxylation sites is 1. The maximum atomic E-state index is 11.9. The first-order valence-corrected chi connectivity index (χ1v) is 7.63. The summed E-state index contributed by atoms with van der Waals surface area (Å²) in [5.74, 6) is -0.365. The zero-order chi connectivity index (χ0) is 15.7. The first-order chi connectivity index (χ1) is 10.6. The molecule has 3 N–H and O–H groups in total. The van der Waals surface area contributed by atoms with Crippen LogP contribution in [0, 0.1) is 11.8 Å². The van der Waals surface area contributed by atoms with E-state index in [9.17, 15) is 9.90 Å². The molecule has 3 rings (SSSR count). The Kier molecular flexibility index (Phi) is 3.74. The molecule has 1 aromatic heterocycles. The molecule has 0 amide bonds. The third-order valence-corrected chi connectivity index (χ3v) is 4.80. The highest BCUT2D eigenvalue weighted by atomic mass is 16.4. The molecule has 2 aromatic rings. The van der Waals surface area contributed by atoms with Crippen LogP contribution in [0.3, 0.4) is 0 Å². The molecule has 1 fully saturated rings. The second-order valence-corrected chi connectivity index (χ2v) is 6.14. The van der Waals surface area contributed by atoms with Crippen molar-refractivity contribution in [3.8, 4) is 5.69 Å². The zero-order valence-electron chi connectivity index (χ0n) is 12.6. The van der Waals surface area contributed by atoms with Crippen LogP contribution in [0.25, 0.3) is 5.69 Å². The molecular weight excluding hydrogens is 278 g/mol. The molecule has 0 radical (unpaired) electrons. The minimum atomic E-state index is -0.839. The van der Waals surface area contributed by atoms with Gasteiger partial charge in [-0.1, -0.05) is 25.1 Å². The van der Waals surface area contributed by atoms with Crippen molar-refractivity contribution in [3.63, 3.8) is 0 Å². The van der Waals surface area contributed by atoms with Crippen molar-refractivity contribution >= 4 is 5.97 Å². The first-order valence-electron chi connectivity index (χ1n) is 7.63. The van der Waals surface area contributed by atoms with Crippen LogP contribution < -0.4 is 5.73 Å². The fourth-order valence-electron chi connectivity index (χ4n) is 3.38. The van der Waals surface area contributed by atoms with Crippen LogP contribution in [0.5, 0.6) is 0 Å². The molecule has 1 aliphatic carbocycles. The molecule has 1 saturated carbocycles. The van der Waals surface area contributed by atoms with Gasteiger partial charge in [0.1, 0.15) is 5.41 Å². The maximum absolute atomic E-state index is 11.9. The smallest absolute Gasteiger partial charge is 0.316 e. The lowest BCUT2D eigenvalue weighted by Crippen LogP contribution is -2.25. The highest BCUT2D eigenvalue weighted by molar-refractivity contribution is 5.85. The van der Waals surface area contributed by atoms with Crippen LogP contribution in [-0.4, -0.2) is 27.2 Å². The first kappa shape index (κ1) is 14.8. The number of nitrogens with zero attached hydrogens (tertiary/aromatic N) is 2. The van der Waals surface area contributed by atoms with E-state index in [0.29, 0.717) is 24.6 Å². The molecule has 0 aliphatic heterocycles. The monoisotopic (exact) mass is 299 g/mol. The van der Waals surface area contributed by atoms with Crippen molar-refractivity contribution in [2.45, 2.75) is 25.2 Å². The fourth-order valence-corrected chi connectivity index (χ4v) is 3.38. The molecule has 0 bridgehead atoms. The molecular formula is C17H21N3O2. The molecule has 22 heavy (non-hydrogen) atoms. The van der Waals surface area contributed by atoms with Gasteiger partial charge in [-0.15, -0.1) is 0 Å². The van der Waals surface area contributed by atoms with Crippen LogP contribution >= 0.6 is 0 Å². The summed E-state index contributed by atoms with van der Waals surface area (Å²) in [7, 11) is 0. The number of hydrogen-bond acceptors (Lipinski definition) is 3. The summed E-state index contributed by atoms with van der Waals surface area (Å²) >= 11 is 0. The molecule has 5 heteroatoms. The zero-order valence-corrected chi connectivity index (χ0v) is 12.6. The highest BCUT2D eigenvalue weighted by Gasteiger charge is 2.64. The number of imidazole rings is 1. The van der Waals surface area contributed by atoms with Crippen LogP contribution in [0.4, 0.5) is 0 Å². The summed E-state index contributed by atoms with van der Waals surface area (Å²) in [6.07, 6.45) is 5.03.